The molecule has 2 aromatic heterocycles. The Morgan fingerprint density at radius 1 is 0.694 bits per heavy atom. The zero-order valence-corrected chi connectivity index (χ0v) is 19.9. The molecule has 0 saturated heterocycles. The molecule has 0 unspecified atom stereocenters. The Balaban J connectivity index is 1.26. The van der Waals surface area contributed by atoms with Gasteiger partial charge in [0, 0.05) is 59.0 Å². The maximum absolute atomic E-state index is 12.2. The summed E-state index contributed by atoms with van der Waals surface area (Å²) in [4.78, 5) is 53.7. The van der Waals surface area contributed by atoms with Crippen LogP contribution >= 0.6 is 22.7 Å². The Morgan fingerprint density at radius 3 is 1.39 bits per heavy atom. The highest BCUT2D eigenvalue weighted by Gasteiger charge is 2.14. The first-order valence-corrected chi connectivity index (χ1v) is 12.0. The van der Waals surface area contributed by atoms with E-state index in [1.54, 1.807) is 35.0 Å². The number of hydrogen-bond acceptors (Lipinski definition) is 10. The molecular formula is C22H16N6O6S2. The number of nitrogens with zero attached hydrogens (tertiary/aromatic N) is 4. The van der Waals surface area contributed by atoms with E-state index >= 15 is 0 Å². The van der Waals surface area contributed by atoms with Gasteiger partial charge in [-0.05, 0) is 24.3 Å². The first-order valence-electron chi connectivity index (χ1n) is 10.3. The molecule has 2 aromatic carbocycles. The predicted molar refractivity (Wildman–Crippen MR) is 135 cm³/mol. The maximum Gasteiger partial charge on any atom is 0.269 e. The van der Waals surface area contributed by atoms with E-state index in [1.807, 2.05) is 0 Å². The fourth-order valence-electron chi connectivity index (χ4n) is 3.03. The van der Waals surface area contributed by atoms with Gasteiger partial charge in [0.05, 0.1) is 21.2 Å². The second-order valence-electron chi connectivity index (χ2n) is 7.28. The molecule has 0 fully saturated rings. The summed E-state index contributed by atoms with van der Waals surface area (Å²) >= 11 is 2.40. The van der Waals surface area contributed by atoms with Crippen molar-refractivity contribution in [3.05, 3.63) is 79.5 Å². The summed E-state index contributed by atoms with van der Waals surface area (Å²) in [6, 6.07) is 11.8. The standard InChI is InChI=1S/C22H16N6O6S2/c29-19(25-21-23-17(11-35-21)13-1-5-15(6-2-13)27(31)32)9-10-20(30)26-22-24-18(12-36-22)14-3-7-16(8-4-14)28(33)34/h1-8,11-12H,9-10H2,(H,23,25,29)(H,24,26,30). The molecule has 0 spiro atoms. The van der Waals surface area contributed by atoms with Gasteiger partial charge in [-0.3, -0.25) is 29.8 Å². The molecule has 4 aromatic rings. The number of nitrogens with one attached hydrogen (secondary N) is 2. The van der Waals surface area contributed by atoms with Crippen LogP contribution in [0.15, 0.2) is 59.3 Å². The third-order valence-electron chi connectivity index (χ3n) is 4.83. The van der Waals surface area contributed by atoms with Gasteiger partial charge in [-0.25, -0.2) is 9.97 Å². The molecule has 0 aliphatic rings. The van der Waals surface area contributed by atoms with Crippen LogP contribution in [0.2, 0.25) is 0 Å². The van der Waals surface area contributed by atoms with Crippen LogP contribution in [0, 0.1) is 20.2 Å². The Morgan fingerprint density at radius 2 is 1.06 bits per heavy atom. The molecule has 36 heavy (non-hydrogen) atoms. The number of nitro groups is 2. The Labute approximate surface area is 211 Å². The zero-order valence-electron chi connectivity index (χ0n) is 18.2. The average molecular weight is 525 g/mol. The van der Waals surface area contributed by atoms with E-state index in [-0.39, 0.29) is 36.0 Å². The predicted octanol–water partition coefficient (Wildman–Crippen LogP) is 5.11. The minimum atomic E-state index is -0.487. The molecule has 182 valence electrons. The van der Waals surface area contributed by atoms with E-state index < -0.39 is 9.85 Å². The van der Waals surface area contributed by atoms with Gasteiger partial charge >= 0.3 is 0 Å². The highest BCUT2D eigenvalue weighted by Crippen LogP contribution is 2.28. The lowest BCUT2D eigenvalue weighted by Crippen LogP contribution is -2.17. The van der Waals surface area contributed by atoms with Gasteiger partial charge in [0.2, 0.25) is 11.8 Å². The number of benzene rings is 2. The van der Waals surface area contributed by atoms with E-state index in [9.17, 15) is 29.8 Å². The molecule has 2 amide bonds. The fraction of sp³-hybridized carbons (Fsp3) is 0.0909. The van der Waals surface area contributed by atoms with Gasteiger partial charge in [0.15, 0.2) is 10.3 Å². The number of aromatic nitrogens is 2. The van der Waals surface area contributed by atoms with Crippen molar-refractivity contribution < 1.29 is 19.4 Å². The second kappa shape index (κ2) is 10.8. The molecule has 0 atom stereocenters. The number of nitro benzene ring substituents is 2. The number of non-ortho nitro benzene ring substituents is 2. The molecule has 12 nitrogen and oxygen atoms in total. The maximum atomic E-state index is 12.2. The fourth-order valence-corrected chi connectivity index (χ4v) is 4.50. The summed E-state index contributed by atoms with van der Waals surface area (Å²) in [6.07, 6.45) is -0.141. The molecule has 2 heterocycles. The summed E-state index contributed by atoms with van der Waals surface area (Å²) in [6.45, 7) is 0. The van der Waals surface area contributed by atoms with Crippen LogP contribution in [0.25, 0.3) is 22.5 Å². The van der Waals surface area contributed by atoms with Crippen molar-refractivity contribution in [1.29, 1.82) is 0 Å². The quantitative estimate of drug-likeness (QED) is 0.225. The molecule has 0 bridgehead atoms. The number of anilines is 2. The van der Waals surface area contributed by atoms with Crippen molar-refractivity contribution in [1.82, 2.24) is 9.97 Å². The van der Waals surface area contributed by atoms with Crippen LogP contribution in [0.5, 0.6) is 0 Å². The minimum absolute atomic E-state index is 0.0268. The summed E-state index contributed by atoms with van der Waals surface area (Å²) in [5.41, 5.74) is 2.43. The number of amides is 2. The highest BCUT2D eigenvalue weighted by molar-refractivity contribution is 7.14. The van der Waals surface area contributed by atoms with Crippen molar-refractivity contribution in [2.24, 2.45) is 0 Å². The zero-order chi connectivity index (χ0) is 25.7. The SMILES string of the molecule is O=C(CCC(=O)Nc1nc(-c2ccc([N+](=O)[O-])cc2)cs1)Nc1nc(-c2ccc([N+](=O)[O-])cc2)cs1. The molecule has 4 rings (SSSR count). The van der Waals surface area contributed by atoms with Gasteiger partial charge < -0.3 is 10.6 Å². The van der Waals surface area contributed by atoms with Gasteiger partial charge in [-0.15, -0.1) is 22.7 Å². The highest BCUT2D eigenvalue weighted by atomic mass is 32.1. The number of hydrogen-bond donors (Lipinski definition) is 2. The number of carbonyl (C=O) groups is 2. The lowest BCUT2D eigenvalue weighted by atomic mass is 10.1. The van der Waals surface area contributed by atoms with E-state index in [2.05, 4.69) is 20.6 Å². The molecule has 0 aliphatic carbocycles. The van der Waals surface area contributed by atoms with Gasteiger partial charge in [-0.1, -0.05) is 0 Å². The number of rotatable bonds is 9. The van der Waals surface area contributed by atoms with Gasteiger partial charge in [-0.2, -0.15) is 0 Å². The first-order chi connectivity index (χ1) is 17.3. The summed E-state index contributed by atoms with van der Waals surface area (Å²) in [5.74, 6) is -0.777. The normalized spacial score (nSPS) is 10.6. The molecule has 2 N–H and O–H groups in total. The van der Waals surface area contributed by atoms with Crippen molar-refractivity contribution in [3.8, 4) is 22.5 Å². The Hall–Kier alpha value is -4.56. The third-order valence-corrected chi connectivity index (χ3v) is 6.34. The van der Waals surface area contributed by atoms with E-state index in [0.29, 0.717) is 32.8 Å². The summed E-state index contributed by atoms with van der Waals surface area (Å²) in [5, 5.41) is 30.9. The lowest BCUT2D eigenvalue weighted by Gasteiger charge is -2.03. The smallest absolute Gasteiger partial charge is 0.269 e. The van der Waals surface area contributed by atoms with Gasteiger partial charge in [0.1, 0.15) is 0 Å². The van der Waals surface area contributed by atoms with Crippen LogP contribution in [0.1, 0.15) is 12.8 Å². The minimum Gasteiger partial charge on any atom is -0.302 e. The van der Waals surface area contributed by atoms with Crippen molar-refractivity contribution in [3.63, 3.8) is 0 Å². The average Bonchev–Trinajstić information content (AvgIpc) is 3.53. The molecule has 14 heteroatoms. The van der Waals surface area contributed by atoms with E-state index in [0.717, 1.165) is 0 Å². The van der Waals surface area contributed by atoms with Crippen molar-refractivity contribution in [2.45, 2.75) is 12.8 Å². The summed E-state index contributed by atoms with van der Waals surface area (Å²) < 4.78 is 0. The number of carbonyl (C=O) groups excluding carboxylic acids is 2. The van der Waals surface area contributed by atoms with E-state index in [1.165, 1.54) is 46.9 Å². The van der Waals surface area contributed by atoms with Crippen LogP contribution < -0.4 is 10.6 Å². The van der Waals surface area contributed by atoms with Gasteiger partial charge in [0.25, 0.3) is 11.4 Å². The van der Waals surface area contributed by atoms with Crippen molar-refractivity contribution >= 4 is 56.1 Å². The monoisotopic (exact) mass is 524 g/mol. The third kappa shape index (κ3) is 6.11. The van der Waals surface area contributed by atoms with Crippen LogP contribution in [0.3, 0.4) is 0 Å². The topological polar surface area (TPSA) is 170 Å². The second-order valence-corrected chi connectivity index (χ2v) is 9.00. The molecule has 0 radical (unpaired) electrons. The first kappa shape index (κ1) is 24.6. The molecule has 0 saturated carbocycles. The van der Waals surface area contributed by atoms with E-state index in [4.69, 9.17) is 0 Å². The van der Waals surface area contributed by atoms with Crippen LogP contribution in [-0.2, 0) is 9.59 Å². The van der Waals surface area contributed by atoms with Crippen LogP contribution in [-0.4, -0.2) is 31.6 Å². The largest absolute Gasteiger partial charge is 0.302 e. The number of thiazole rings is 2. The Bertz CT molecular complexity index is 1320. The van der Waals surface area contributed by atoms with Crippen LogP contribution in [0.4, 0.5) is 21.6 Å². The molecule has 0 aliphatic heterocycles. The van der Waals surface area contributed by atoms with Crippen molar-refractivity contribution in [2.75, 3.05) is 10.6 Å². The lowest BCUT2D eigenvalue weighted by molar-refractivity contribution is -0.385. The molecular weight excluding hydrogens is 508 g/mol. The Kier molecular flexibility index (Phi) is 7.36. The summed E-state index contributed by atoms with van der Waals surface area (Å²) in [7, 11) is 0.